The van der Waals surface area contributed by atoms with Crippen LogP contribution in [0.15, 0.2) is 30.5 Å². The van der Waals surface area contributed by atoms with Crippen molar-refractivity contribution >= 4 is 29.3 Å². The van der Waals surface area contributed by atoms with Gasteiger partial charge in [0.2, 0.25) is 5.95 Å². The lowest BCUT2D eigenvalue weighted by Crippen LogP contribution is -2.36. The fraction of sp³-hybridized carbons (Fsp3) is 0.353. The molecule has 0 aliphatic carbocycles. The number of piperidine rings is 1. The lowest BCUT2D eigenvalue weighted by molar-refractivity contribution is -0.137. The summed E-state index contributed by atoms with van der Waals surface area (Å²) in [6.45, 7) is 0.996. The van der Waals surface area contributed by atoms with E-state index in [-0.39, 0.29) is 11.9 Å². The molecule has 27 heavy (non-hydrogen) atoms. The van der Waals surface area contributed by atoms with Gasteiger partial charge in [0.25, 0.3) is 0 Å². The van der Waals surface area contributed by atoms with Gasteiger partial charge in [-0.15, -0.1) is 0 Å². The quantitative estimate of drug-likeness (QED) is 0.727. The number of nitrogens with zero attached hydrogens (tertiary/aromatic N) is 3. The minimum absolute atomic E-state index is 0.0319. The van der Waals surface area contributed by atoms with Crippen molar-refractivity contribution in [3.05, 3.63) is 46.7 Å². The lowest BCUT2D eigenvalue weighted by atomic mass is 9.89. The largest absolute Gasteiger partial charge is 0.465 e. The molecule has 6 nitrogen and oxygen atoms in total. The van der Waals surface area contributed by atoms with Gasteiger partial charge in [-0.3, -0.25) is 0 Å². The topological polar surface area (TPSA) is 78.4 Å². The third kappa shape index (κ3) is 4.60. The second-order valence-corrected chi connectivity index (χ2v) is 6.54. The van der Waals surface area contributed by atoms with Crippen LogP contribution in [0.4, 0.5) is 29.6 Å². The van der Waals surface area contributed by atoms with Gasteiger partial charge in [0.05, 0.1) is 0 Å². The minimum Gasteiger partial charge on any atom is -0.465 e. The Kier molecular flexibility index (Phi) is 5.41. The van der Waals surface area contributed by atoms with Crippen molar-refractivity contribution in [2.45, 2.75) is 24.9 Å². The number of carbonyl (C=O) groups is 1. The summed E-state index contributed by atoms with van der Waals surface area (Å²) in [4.78, 5) is 19.6. The highest BCUT2D eigenvalue weighted by Crippen LogP contribution is 2.34. The van der Waals surface area contributed by atoms with E-state index < -0.39 is 23.0 Å². The van der Waals surface area contributed by atoms with Crippen LogP contribution in [-0.2, 0) is 6.18 Å². The van der Waals surface area contributed by atoms with Gasteiger partial charge in [-0.25, -0.2) is 14.8 Å². The predicted octanol–water partition coefficient (Wildman–Crippen LogP) is 4.75. The number of carboxylic acid groups (broad SMARTS) is 1. The van der Waals surface area contributed by atoms with Crippen LogP contribution < -0.4 is 5.32 Å². The number of hydrogen-bond donors (Lipinski definition) is 2. The number of nitrogens with one attached hydrogen (secondary N) is 1. The highest BCUT2D eigenvalue weighted by Gasteiger charge is 2.34. The van der Waals surface area contributed by atoms with E-state index in [2.05, 4.69) is 15.3 Å². The van der Waals surface area contributed by atoms with Crippen LogP contribution in [-0.4, -0.2) is 39.2 Å². The number of aromatic nitrogens is 2. The molecule has 0 bridgehead atoms. The Morgan fingerprint density at radius 2 is 1.85 bits per heavy atom. The highest BCUT2D eigenvalue weighted by atomic mass is 35.5. The Hall–Kier alpha value is -2.55. The standard InChI is InChI=1S/C17H16ClF3N4O2/c18-14-13(17(19,20)21)9-22-15(24-14)23-12-3-1-10(2-4-12)11-5-7-25(8-6-11)16(26)27/h1-4,9,11H,5-8H2,(H,26,27)(H,22,23,24). The summed E-state index contributed by atoms with van der Waals surface area (Å²) >= 11 is 5.58. The second kappa shape index (κ2) is 7.59. The van der Waals surface area contributed by atoms with Crippen molar-refractivity contribution in [3.63, 3.8) is 0 Å². The molecule has 1 amide bonds. The van der Waals surface area contributed by atoms with Crippen molar-refractivity contribution in [2.75, 3.05) is 18.4 Å². The molecule has 0 spiro atoms. The van der Waals surface area contributed by atoms with Crippen molar-refractivity contribution in [1.29, 1.82) is 0 Å². The Morgan fingerprint density at radius 3 is 2.37 bits per heavy atom. The first-order valence-electron chi connectivity index (χ1n) is 8.18. The van der Waals surface area contributed by atoms with E-state index >= 15 is 0 Å². The summed E-state index contributed by atoms with van der Waals surface area (Å²) in [5.41, 5.74) is 0.604. The zero-order chi connectivity index (χ0) is 19.6. The number of hydrogen-bond acceptors (Lipinski definition) is 4. The molecule has 0 atom stereocenters. The van der Waals surface area contributed by atoms with Crippen molar-refractivity contribution in [1.82, 2.24) is 14.9 Å². The van der Waals surface area contributed by atoms with Crippen molar-refractivity contribution < 1.29 is 23.1 Å². The van der Waals surface area contributed by atoms with Gasteiger partial charge < -0.3 is 15.3 Å². The van der Waals surface area contributed by atoms with Crippen LogP contribution in [0.5, 0.6) is 0 Å². The summed E-state index contributed by atoms with van der Waals surface area (Å²) in [5, 5.41) is 11.1. The molecule has 1 fully saturated rings. The maximum absolute atomic E-state index is 12.7. The maximum atomic E-state index is 12.7. The number of benzene rings is 1. The summed E-state index contributed by atoms with van der Waals surface area (Å²) < 4.78 is 38.0. The molecule has 2 N–H and O–H groups in total. The third-order valence-corrected chi connectivity index (χ3v) is 4.74. The van der Waals surface area contributed by atoms with Crippen LogP contribution in [0.3, 0.4) is 0 Å². The number of halogens is 4. The number of rotatable bonds is 3. The molecule has 0 radical (unpaired) electrons. The van der Waals surface area contributed by atoms with E-state index in [4.69, 9.17) is 16.7 Å². The zero-order valence-corrected chi connectivity index (χ0v) is 14.8. The van der Waals surface area contributed by atoms with Crippen LogP contribution >= 0.6 is 11.6 Å². The van der Waals surface area contributed by atoms with E-state index in [1.54, 1.807) is 12.1 Å². The minimum atomic E-state index is -4.60. The fourth-order valence-corrected chi connectivity index (χ4v) is 3.22. The van der Waals surface area contributed by atoms with Crippen LogP contribution in [0.1, 0.15) is 29.9 Å². The molecule has 2 heterocycles. The zero-order valence-electron chi connectivity index (χ0n) is 14.0. The number of likely N-dealkylation sites (tertiary alicyclic amines) is 1. The molecule has 1 aliphatic rings. The van der Waals surface area contributed by atoms with Gasteiger partial charge >= 0.3 is 12.3 Å². The summed E-state index contributed by atoms with van der Waals surface area (Å²) in [5.74, 6) is 0.238. The third-order valence-electron chi connectivity index (χ3n) is 4.45. The average Bonchev–Trinajstić information content (AvgIpc) is 2.61. The van der Waals surface area contributed by atoms with E-state index in [1.807, 2.05) is 12.1 Å². The molecular formula is C17H16ClF3N4O2. The first-order valence-corrected chi connectivity index (χ1v) is 8.56. The molecule has 1 aromatic carbocycles. The number of alkyl halides is 3. The van der Waals surface area contributed by atoms with Crippen LogP contribution in [0.25, 0.3) is 0 Å². The number of anilines is 2. The monoisotopic (exact) mass is 400 g/mol. The molecule has 1 aromatic heterocycles. The summed E-state index contributed by atoms with van der Waals surface area (Å²) in [6, 6.07) is 7.34. The molecule has 2 aromatic rings. The van der Waals surface area contributed by atoms with E-state index in [0.717, 1.165) is 18.4 Å². The summed E-state index contributed by atoms with van der Waals surface area (Å²) in [6.07, 6.45) is -3.37. The van der Waals surface area contributed by atoms with E-state index in [0.29, 0.717) is 25.0 Å². The molecule has 1 aliphatic heterocycles. The van der Waals surface area contributed by atoms with Gasteiger partial charge in [0, 0.05) is 25.0 Å². The Bertz CT molecular complexity index is 822. The average molecular weight is 401 g/mol. The molecule has 144 valence electrons. The van der Waals surface area contributed by atoms with E-state index in [9.17, 15) is 18.0 Å². The molecule has 10 heteroatoms. The maximum Gasteiger partial charge on any atom is 0.420 e. The molecule has 3 rings (SSSR count). The van der Waals surface area contributed by atoms with E-state index in [1.165, 1.54) is 4.90 Å². The van der Waals surface area contributed by atoms with Gasteiger partial charge in [-0.2, -0.15) is 13.2 Å². The van der Waals surface area contributed by atoms with Crippen LogP contribution in [0.2, 0.25) is 5.15 Å². The van der Waals surface area contributed by atoms with Crippen molar-refractivity contribution in [2.24, 2.45) is 0 Å². The first-order chi connectivity index (χ1) is 12.7. The van der Waals surface area contributed by atoms with Gasteiger partial charge in [0.1, 0.15) is 10.7 Å². The molecular weight excluding hydrogens is 385 g/mol. The van der Waals surface area contributed by atoms with Crippen LogP contribution in [0, 0.1) is 0 Å². The summed E-state index contributed by atoms with van der Waals surface area (Å²) in [7, 11) is 0. The smallest absolute Gasteiger partial charge is 0.420 e. The SMILES string of the molecule is O=C(O)N1CCC(c2ccc(Nc3ncc(C(F)(F)F)c(Cl)n3)cc2)CC1. The normalized spacial score (nSPS) is 15.6. The van der Waals surface area contributed by atoms with Crippen molar-refractivity contribution in [3.8, 4) is 0 Å². The molecule has 0 unspecified atom stereocenters. The van der Waals surface area contributed by atoms with Gasteiger partial charge in [-0.05, 0) is 36.5 Å². The Labute approximate surface area is 158 Å². The van der Waals surface area contributed by atoms with Gasteiger partial charge in [0.15, 0.2) is 0 Å². The fourth-order valence-electron chi connectivity index (χ4n) is 2.98. The first kappa shape index (κ1) is 19.2. The Morgan fingerprint density at radius 1 is 1.22 bits per heavy atom. The van der Waals surface area contributed by atoms with Gasteiger partial charge in [-0.1, -0.05) is 23.7 Å². The second-order valence-electron chi connectivity index (χ2n) is 6.19. The highest BCUT2D eigenvalue weighted by molar-refractivity contribution is 6.30. The Balaban J connectivity index is 1.65. The predicted molar refractivity (Wildman–Crippen MR) is 93.3 cm³/mol. The lowest BCUT2D eigenvalue weighted by Gasteiger charge is -2.30. The number of amides is 1. The molecule has 0 saturated carbocycles. The molecule has 1 saturated heterocycles.